The van der Waals surface area contributed by atoms with Crippen molar-refractivity contribution in [3.63, 3.8) is 0 Å². The van der Waals surface area contributed by atoms with Crippen molar-refractivity contribution in [1.82, 2.24) is 4.90 Å². The molecule has 2 aliphatic rings. The van der Waals surface area contributed by atoms with Gasteiger partial charge in [0, 0.05) is 38.1 Å². The molecule has 0 radical (unpaired) electrons. The standard InChI is InChI=1S/C18H27NO2/c1-14(2)16-6-4-15(5-7-16)8-19-9-17-10-21-13-18(17,11-19)12-20-3/h4-7,14,17H,8-13H2,1-3H3/t17-,18-/m0/s1. The molecule has 1 aromatic rings. The molecule has 2 atom stereocenters. The largest absolute Gasteiger partial charge is 0.384 e. The molecule has 0 N–H and O–H groups in total. The summed E-state index contributed by atoms with van der Waals surface area (Å²) in [6, 6.07) is 9.10. The summed E-state index contributed by atoms with van der Waals surface area (Å²) in [5, 5.41) is 0. The quantitative estimate of drug-likeness (QED) is 0.832. The maximum absolute atomic E-state index is 5.70. The third-order valence-electron chi connectivity index (χ3n) is 5.08. The minimum atomic E-state index is 0.229. The minimum absolute atomic E-state index is 0.229. The van der Waals surface area contributed by atoms with E-state index in [1.807, 2.05) is 0 Å². The van der Waals surface area contributed by atoms with E-state index in [-0.39, 0.29) is 5.41 Å². The van der Waals surface area contributed by atoms with Crippen LogP contribution in [0, 0.1) is 11.3 Å². The van der Waals surface area contributed by atoms with E-state index in [1.54, 1.807) is 7.11 Å². The van der Waals surface area contributed by atoms with Gasteiger partial charge >= 0.3 is 0 Å². The van der Waals surface area contributed by atoms with Crippen LogP contribution in [0.15, 0.2) is 24.3 Å². The van der Waals surface area contributed by atoms with Gasteiger partial charge in [0.2, 0.25) is 0 Å². The third-order valence-corrected chi connectivity index (χ3v) is 5.08. The van der Waals surface area contributed by atoms with Crippen LogP contribution >= 0.6 is 0 Å². The minimum Gasteiger partial charge on any atom is -0.384 e. The summed E-state index contributed by atoms with van der Waals surface area (Å²) in [4.78, 5) is 2.57. The number of nitrogens with zero attached hydrogens (tertiary/aromatic N) is 1. The molecule has 0 bridgehead atoms. The van der Waals surface area contributed by atoms with Crippen molar-refractivity contribution in [2.75, 3.05) is 40.0 Å². The summed E-state index contributed by atoms with van der Waals surface area (Å²) in [6.45, 7) is 10.3. The average Bonchev–Trinajstić information content (AvgIpc) is 2.96. The smallest absolute Gasteiger partial charge is 0.0561 e. The number of benzene rings is 1. The van der Waals surface area contributed by atoms with Crippen molar-refractivity contribution >= 4 is 0 Å². The molecule has 116 valence electrons. The summed E-state index contributed by atoms with van der Waals surface area (Å²) < 4.78 is 11.2. The molecular weight excluding hydrogens is 262 g/mol. The maximum atomic E-state index is 5.70. The monoisotopic (exact) mass is 289 g/mol. The third kappa shape index (κ3) is 3.01. The molecule has 1 aromatic carbocycles. The van der Waals surface area contributed by atoms with E-state index < -0.39 is 0 Å². The zero-order valence-corrected chi connectivity index (χ0v) is 13.5. The van der Waals surface area contributed by atoms with Crippen LogP contribution in [-0.2, 0) is 16.0 Å². The number of rotatable bonds is 5. The van der Waals surface area contributed by atoms with Gasteiger partial charge in [-0.05, 0) is 17.0 Å². The van der Waals surface area contributed by atoms with Gasteiger partial charge in [0.1, 0.15) is 0 Å². The molecule has 3 nitrogen and oxygen atoms in total. The van der Waals surface area contributed by atoms with E-state index in [2.05, 4.69) is 43.0 Å². The van der Waals surface area contributed by atoms with Gasteiger partial charge in [0.25, 0.3) is 0 Å². The Morgan fingerprint density at radius 1 is 1.33 bits per heavy atom. The van der Waals surface area contributed by atoms with E-state index in [4.69, 9.17) is 9.47 Å². The lowest BCUT2D eigenvalue weighted by Gasteiger charge is -2.26. The fraction of sp³-hybridized carbons (Fsp3) is 0.667. The highest BCUT2D eigenvalue weighted by molar-refractivity contribution is 5.24. The van der Waals surface area contributed by atoms with Gasteiger partial charge in [-0.25, -0.2) is 0 Å². The lowest BCUT2D eigenvalue weighted by molar-refractivity contribution is 0.0533. The normalized spacial score (nSPS) is 29.2. The lowest BCUT2D eigenvalue weighted by Crippen LogP contribution is -2.35. The Hall–Kier alpha value is -0.900. The predicted octanol–water partition coefficient (Wildman–Crippen LogP) is 2.90. The Balaban J connectivity index is 1.64. The van der Waals surface area contributed by atoms with Crippen molar-refractivity contribution in [2.24, 2.45) is 11.3 Å². The summed E-state index contributed by atoms with van der Waals surface area (Å²) >= 11 is 0. The van der Waals surface area contributed by atoms with E-state index in [9.17, 15) is 0 Å². The van der Waals surface area contributed by atoms with Crippen molar-refractivity contribution in [2.45, 2.75) is 26.3 Å². The Morgan fingerprint density at radius 2 is 2.10 bits per heavy atom. The molecule has 3 heteroatoms. The molecule has 0 spiro atoms. The van der Waals surface area contributed by atoms with Crippen molar-refractivity contribution < 1.29 is 9.47 Å². The number of hydrogen-bond donors (Lipinski definition) is 0. The second kappa shape index (κ2) is 6.07. The summed E-state index contributed by atoms with van der Waals surface area (Å²) in [7, 11) is 1.80. The zero-order valence-electron chi connectivity index (χ0n) is 13.5. The molecule has 21 heavy (non-hydrogen) atoms. The van der Waals surface area contributed by atoms with Crippen LogP contribution < -0.4 is 0 Å². The van der Waals surface area contributed by atoms with Crippen LogP contribution in [0.5, 0.6) is 0 Å². The van der Waals surface area contributed by atoms with Gasteiger partial charge in [-0.2, -0.15) is 0 Å². The Morgan fingerprint density at radius 3 is 2.76 bits per heavy atom. The Kier molecular flexibility index (Phi) is 4.34. The van der Waals surface area contributed by atoms with E-state index in [0.29, 0.717) is 11.8 Å². The summed E-state index contributed by atoms with van der Waals surface area (Å²) in [5.41, 5.74) is 3.06. The molecule has 0 amide bonds. The van der Waals surface area contributed by atoms with Gasteiger partial charge in [-0.15, -0.1) is 0 Å². The van der Waals surface area contributed by atoms with Crippen molar-refractivity contribution in [1.29, 1.82) is 0 Å². The van der Waals surface area contributed by atoms with E-state index >= 15 is 0 Å². The topological polar surface area (TPSA) is 21.7 Å². The van der Waals surface area contributed by atoms with Gasteiger partial charge < -0.3 is 9.47 Å². The number of fused-ring (bicyclic) bond motifs is 1. The molecular formula is C18H27NO2. The molecule has 0 aromatic heterocycles. The van der Waals surface area contributed by atoms with E-state index in [1.165, 1.54) is 11.1 Å². The summed E-state index contributed by atoms with van der Waals surface area (Å²) in [5.74, 6) is 1.24. The molecule has 0 aliphatic carbocycles. The van der Waals surface area contributed by atoms with Gasteiger partial charge in [-0.3, -0.25) is 4.90 Å². The molecule has 2 saturated heterocycles. The zero-order chi connectivity index (χ0) is 14.9. The lowest BCUT2D eigenvalue weighted by atomic mass is 9.82. The highest BCUT2D eigenvalue weighted by atomic mass is 16.5. The SMILES string of the molecule is COC[C@@]12COC[C@@H]1CN(Cc1ccc(C(C)C)cc1)C2. The van der Waals surface area contributed by atoms with Crippen LogP contribution in [0.1, 0.15) is 30.9 Å². The molecule has 0 unspecified atom stereocenters. The van der Waals surface area contributed by atoms with Gasteiger partial charge in [0.05, 0.1) is 19.8 Å². The average molecular weight is 289 g/mol. The number of methoxy groups -OCH3 is 1. The Labute approximate surface area is 128 Å². The first-order chi connectivity index (χ1) is 10.1. The first-order valence-corrected chi connectivity index (χ1v) is 8.01. The summed E-state index contributed by atoms with van der Waals surface area (Å²) in [6.07, 6.45) is 0. The molecule has 2 heterocycles. The molecule has 2 fully saturated rings. The van der Waals surface area contributed by atoms with Gasteiger partial charge in [0.15, 0.2) is 0 Å². The molecule has 3 rings (SSSR count). The second-order valence-electron chi connectivity index (χ2n) is 7.07. The first-order valence-electron chi connectivity index (χ1n) is 8.01. The van der Waals surface area contributed by atoms with Crippen molar-refractivity contribution in [3.8, 4) is 0 Å². The fourth-order valence-electron chi connectivity index (χ4n) is 3.82. The highest BCUT2D eigenvalue weighted by Gasteiger charge is 2.50. The van der Waals surface area contributed by atoms with Crippen LogP contribution in [0.2, 0.25) is 0 Å². The van der Waals surface area contributed by atoms with E-state index in [0.717, 1.165) is 39.5 Å². The molecule has 2 aliphatic heterocycles. The predicted molar refractivity (Wildman–Crippen MR) is 84.4 cm³/mol. The fourth-order valence-corrected chi connectivity index (χ4v) is 3.82. The van der Waals surface area contributed by atoms with Crippen molar-refractivity contribution in [3.05, 3.63) is 35.4 Å². The van der Waals surface area contributed by atoms with Crippen LogP contribution in [0.4, 0.5) is 0 Å². The second-order valence-corrected chi connectivity index (χ2v) is 7.07. The highest BCUT2D eigenvalue weighted by Crippen LogP contribution is 2.41. The Bertz CT molecular complexity index is 471. The van der Waals surface area contributed by atoms with Gasteiger partial charge in [-0.1, -0.05) is 38.1 Å². The first kappa shape index (κ1) is 15.0. The van der Waals surface area contributed by atoms with Crippen LogP contribution in [0.25, 0.3) is 0 Å². The maximum Gasteiger partial charge on any atom is 0.0561 e. The molecule has 0 saturated carbocycles. The number of hydrogen-bond acceptors (Lipinski definition) is 3. The number of likely N-dealkylation sites (tertiary alicyclic amines) is 1. The number of ether oxygens (including phenoxy) is 2. The van der Waals surface area contributed by atoms with Crippen LogP contribution in [-0.4, -0.2) is 44.9 Å². The van der Waals surface area contributed by atoms with Crippen LogP contribution in [0.3, 0.4) is 0 Å².